The number of hydrogen-bond acceptors (Lipinski definition) is 6. The van der Waals surface area contributed by atoms with Gasteiger partial charge in [-0.25, -0.2) is 0 Å². The Kier molecular flexibility index (Phi) is 10.5. The van der Waals surface area contributed by atoms with Gasteiger partial charge in [-0.3, -0.25) is 9.59 Å². The minimum atomic E-state index is -0.910. The molecule has 1 aliphatic heterocycles. The summed E-state index contributed by atoms with van der Waals surface area (Å²) in [5.74, 6) is 0.0304. The van der Waals surface area contributed by atoms with Crippen molar-refractivity contribution in [3.05, 3.63) is 129 Å². The number of thioether (sulfide) groups is 1. The largest absolute Gasteiger partial charge is 0.371 e. The van der Waals surface area contributed by atoms with E-state index in [2.05, 4.69) is 15.6 Å². The Bertz CT molecular complexity index is 1460. The number of morpholine rings is 1. The molecule has 1 amide bonds. The zero-order valence-corrected chi connectivity index (χ0v) is 24.7. The molecule has 1 fully saturated rings. The molecule has 5 rings (SSSR count). The molecule has 9 heteroatoms. The number of amides is 1. The number of rotatable bonds is 11. The minimum absolute atomic E-state index is 0.0137. The van der Waals surface area contributed by atoms with E-state index in [0.29, 0.717) is 12.8 Å². The van der Waals surface area contributed by atoms with Gasteiger partial charge in [0, 0.05) is 40.9 Å². The molecule has 0 radical (unpaired) electrons. The number of nitrogens with two attached hydrogens (primary N) is 1. The van der Waals surface area contributed by atoms with Crippen molar-refractivity contribution in [3.63, 3.8) is 0 Å². The molecule has 42 heavy (non-hydrogen) atoms. The van der Waals surface area contributed by atoms with Crippen LogP contribution in [0.3, 0.4) is 0 Å². The van der Waals surface area contributed by atoms with E-state index in [1.807, 2.05) is 91.0 Å². The van der Waals surface area contributed by atoms with Gasteiger partial charge in [-0.15, -0.1) is 11.8 Å². The van der Waals surface area contributed by atoms with Gasteiger partial charge in [0.2, 0.25) is 5.91 Å². The molecule has 0 saturated carbocycles. The molecule has 218 valence electrons. The molecular weight excluding hydrogens is 568 g/mol. The number of benzene rings is 3. The molecule has 0 aliphatic carbocycles. The van der Waals surface area contributed by atoms with E-state index >= 15 is 0 Å². The van der Waals surface area contributed by atoms with Crippen molar-refractivity contribution in [2.75, 3.05) is 24.2 Å². The predicted octanol–water partition coefficient (Wildman–Crippen LogP) is 5.21. The number of H-pyrrole nitrogens is 1. The smallest absolute Gasteiger partial charge is 0.271 e. The summed E-state index contributed by atoms with van der Waals surface area (Å²) in [6.45, 7) is 1.51. The number of pyridine rings is 1. The maximum atomic E-state index is 13.5. The van der Waals surface area contributed by atoms with Crippen LogP contribution in [-0.2, 0) is 16.0 Å². The van der Waals surface area contributed by atoms with Crippen LogP contribution in [0.15, 0.2) is 107 Å². The lowest BCUT2D eigenvalue weighted by Gasteiger charge is -2.31. The van der Waals surface area contributed by atoms with Crippen molar-refractivity contribution in [1.29, 1.82) is 0 Å². The number of nitrogens with one attached hydrogen (secondary N) is 3. The SMILES string of the molecule is N[C@H](C(=O)Nc1c(CC[C@@H]2CNC[C@@H](CSc3ccc(Cl)cc3)O2)cc[nH]c1=O)C(c1ccccc1)c1ccccc1. The van der Waals surface area contributed by atoms with Crippen molar-refractivity contribution >= 4 is 35.0 Å². The maximum Gasteiger partial charge on any atom is 0.271 e. The fourth-order valence-electron chi connectivity index (χ4n) is 5.23. The second-order valence-electron chi connectivity index (χ2n) is 10.4. The van der Waals surface area contributed by atoms with Gasteiger partial charge >= 0.3 is 0 Å². The Labute approximate surface area is 255 Å². The minimum Gasteiger partial charge on any atom is -0.371 e. The number of ether oxygens (including phenoxy) is 1. The Hall–Kier alpha value is -3.40. The van der Waals surface area contributed by atoms with Crippen molar-refractivity contribution in [3.8, 4) is 0 Å². The van der Waals surface area contributed by atoms with Gasteiger partial charge in [0.15, 0.2) is 0 Å². The summed E-state index contributed by atoms with van der Waals surface area (Å²) >= 11 is 7.74. The van der Waals surface area contributed by atoms with Crippen molar-refractivity contribution in [1.82, 2.24) is 10.3 Å². The van der Waals surface area contributed by atoms with Crippen LogP contribution in [0.25, 0.3) is 0 Å². The van der Waals surface area contributed by atoms with Gasteiger partial charge in [0.25, 0.3) is 5.56 Å². The van der Waals surface area contributed by atoms with Crippen LogP contribution < -0.4 is 21.9 Å². The summed E-state index contributed by atoms with van der Waals surface area (Å²) < 4.78 is 6.37. The summed E-state index contributed by atoms with van der Waals surface area (Å²) in [6, 6.07) is 28.2. The fraction of sp³-hybridized carbons (Fsp3) is 0.273. The Morgan fingerprint density at radius 3 is 2.26 bits per heavy atom. The average molecular weight is 603 g/mol. The molecule has 0 bridgehead atoms. The van der Waals surface area contributed by atoms with Gasteiger partial charge in [0.1, 0.15) is 5.69 Å². The number of hydrogen-bond donors (Lipinski definition) is 4. The van der Waals surface area contributed by atoms with Crippen molar-refractivity contribution in [2.45, 2.75) is 41.9 Å². The highest BCUT2D eigenvalue weighted by Gasteiger charge is 2.29. The number of aromatic nitrogens is 1. The summed E-state index contributed by atoms with van der Waals surface area (Å²) in [6.07, 6.45) is 2.92. The zero-order chi connectivity index (χ0) is 29.3. The molecule has 2 heterocycles. The normalized spacial score (nSPS) is 17.6. The first-order valence-electron chi connectivity index (χ1n) is 14.1. The maximum absolute atomic E-state index is 13.5. The Morgan fingerprint density at radius 2 is 1.60 bits per heavy atom. The van der Waals surface area contributed by atoms with Crippen LogP contribution in [0.4, 0.5) is 5.69 Å². The van der Waals surface area contributed by atoms with E-state index in [1.165, 1.54) is 0 Å². The molecule has 4 aromatic rings. The molecule has 0 unspecified atom stereocenters. The molecular formula is C33H35ClN4O3S. The molecule has 5 N–H and O–H groups in total. The molecule has 3 aromatic carbocycles. The monoisotopic (exact) mass is 602 g/mol. The van der Waals surface area contributed by atoms with Crippen LogP contribution >= 0.6 is 23.4 Å². The van der Waals surface area contributed by atoms with Gasteiger partial charge in [-0.2, -0.15) is 0 Å². The van der Waals surface area contributed by atoms with E-state index in [0.717, 1.165) is 45.5 Å². The second-order valence-corrected chi connectivity index (χ2v) is 11.9. The highest BCUT2D eigenvalue weighted by Crippen LogP contribution is 2.28. The van der Waals surface area contributed by atoms with Crippen molar-refractivity contribution < 1.29 is 9.53 Å². The number of aromatic amines is 1. The molecule has 0 spiro atoms. The van der Waals surface area contributed by atoms with Gasteiger partial charge in [-0.05, 0) is 59.9 Å². The predicted molar refractivity (Wildman–Crippen MR) is 170 cm³/mol. The second kappa shape index (κ2) is 14.7. The zero-order valence-electron chi connectivity index (χ0n) is 23.2. The van der Waals surface area contributed by atoms with E-state index in [9.17, 15) is 9.59 Å². The van der Waals surface area contributed by atoms with Crippen LogP contribution in [0.1, 0.15) is 29.0 Å². The third kappa shape index (κ3) is 7.91. The van der Waals surface area contributed by atoms with Gasteiger partial charge in [-0.1, -0.05) is 72.3 Å². The Morgan fingerprint density at radius 1 is 0.952 bits per heavy atom. The molecule has 7 nitrogen and oxygen atoms in total. The van der Waals surface area contributed by atoms with Crippen LogP contribution in [0.5, 0.6) is 0 Å². The highest BCUT2D eigenvalue weighted by molar-refractivity contribution is 7.99. The van der Waals surface area contributed by atoms with Crippen LogP contribution in [-0.4, -0.2) is 48.0 Å². The van der Waals surface area contributed by atoms with Crippen LogP contribution in [0, 0.1) is 0 Å². The lowest BCUT2D eigenvalue weighted by atomic mass is 9.85. The first-order valence-corrected chi connectivity index (χ1v) is 15.5. The first kappa shape index (κ1) is 30.1. The topological polar surface area (TPSA) is 109 Å². The molecule has 3 atom stereocenters. The van der Waals surface area contributed by atoms with E-state index in [-0.39, 0.29) is 29.4 Å². The number of anilines is 1. The van der Waals surface area contributed by atoms with E-state index < -0.39 is 11.9 Å². The number of carbonyl (C=O) groups is 1. The van der Waals surface area contributed by atoms with Gasteiger partial charge < -0.3 is 26.1 Å². The lowest BCUT2D eigenvalue weighted by molar-refractivity contribution is -0.117. The summed E-state index contributed by atoms with van der Waals surface area (Å²) in [5.41, 5.74) is 9.08. The van der Waals surface area contributed by atoms with Crippen molar-refractivity contribution in [2.24, 2.45) is 5.73 Å². The van der Waals surface area contributed by atoms with E-state index in [1.54, 1.807) is 18.0 Å². The number of carbonyl (C=O) groups excluding carboxylic acids is 1. The van der Waals surface area contributed by atoms with E-state index in [4.69, 9.17) is 22.1 Å². The molecule has 1 aromatic heterocycles. The quantitative estimate of drug-likeness (QED) is 0.176. The number of aryl methyl sites for hydroxylation is 1. The van der Waals surface area contributed by atoms with Gasteiger partial charge in [0.05, 0.1) is 18.2 Å². The number of halogens is 1. The summed E-state index contributed by atoms with van der Waals surface area (Å²) in [4.78, 5) is 30.3. The molecule has 1 saturated heterocycles. The molecule has 1 aliphatic rings. The fourth-order valence-corrected chi connectivity index (χ4v) is 6.26. The standard InChI is InChI=1S/C33H35ClN4O3S/c34-25-12-15-28(16-13-25)42-21-27-20-36-19-26(41-27)14-11-24-17-18-37-33(40)31(24)38-32(39)30(35)29(22-7-3-1-4-8-22)23-9-5-2-6-10-23/h1-10,12-13,15-18,26-27,29-30,36H,11,14,19-21,35H2,(H,37,40)(H,38,39)/t26-,27+,30+/m1/s1. The summed E-state index contributed by atoms with van der Waals surface area (Å²) in [5, 5.41) is 7.05. The third-order valence-electron chi connectivity index (χ3n) is 7.39. The third-order valence-corrected chi connectivity index (χ3v) is 8.78. The lowest BCUT2D eigenvalue weighted by Crippen LogP contribution is -2.46. The highest BCUT2D eigenvalue weighted by atomic mass is 35.5. The summed E-state index contributed by atoms with van der Waals surface area (Å²) in [7, 11) is 0. The Balaban J connectivity index is 1.23. The van der Waals surface area contributed by atoms with Crippen LogP contribution in [0.2, 0.25) is 5.02 Å². The first-order chi connectivity index (χ1) is 20.5. The average Bonchev–Trinajstić information content (AvgIpc) is 3.02.